The second-order valence-corrected chi connectivity index (χ2v) is 12.2. The van der Waals surface area contributed by atoms with Crippen molar-refractivity contribution in [3.63, 3.8) is 0 Å². The molecular weight excluding hydrogens is 646 g/mol. The molecule has 1 aliphatic heterocycles. The zero-order valence-corrected chi connectivity index (χ0v) is 27.4. The molecular formula is C34H33Cl2FN6O4. The van der Waals surface area contributed by atoms with E-state index in [1.165, 1.54) is 35.9 Å². The number of methoxy groups -OCH3 is 1. The Bertz CT molecular complexity index is 1880. The lowest BCUT2D eigenvalue weighted by molar-refractivity contribution is 0.102. The monoisotopic (exact) mass is 678 g/mol. The van der Waals surface area contributed by atoms with Gasteiger partial charge < -0.3 is 24.4 Å². The minimum absolute atomic E-state index is 0.0149. The topological polar surface area (TPSA) is 104 Å². The maximum Gasteiger partial charge on any atom is 0.277 e. The van der Waals surface area contributed by atoms with Crippen LogP contribution in [0.4, 0.5) is 10.1 Å². The SMILES string of the molecule is COc1cc2c(Oc3ccc(NC(=O)c4cn(-c5c(Cl)cccc5Cl)nn4)cc3F)ccnc2cc1OCCCN1CCC(C)CC1. The zero-order chi connectivity index (χ0) is 32.9. The molecule has 1 aliphatic rings. The van der Waals surface area contributed by atoms with Crippen molar-refractivity contribution < 1.29 is 23.4 Å². The van der Waals surface area contributed by atoms with Gasteiger partial charge in [0.25, 0.3) is 5.91 Å². The van der Waals surface area contributed by atoms with Gasteiger partial charge in [-0.3, -0.25) is 9.78 Å². The second kappa shape index (κ2) is 14.5. The molecule has 1 amide bonds. The first-order valence-corrected chi connectivity index (χ1v) is 16.0. The van der Waals surface area contributed by atoms with E-state index in [1.54, 1.807) is 49.7 Å². The number of pyridine rings is 1. The van der Waals surface area contributed by atoms with Crippen molar-refractivity contribution in [1.82, 2.24) is 24.9 Å². The van der Waals surface area contributed by atoms with Crippen molar-refractivity contribution in [2.24, 2.45) is 5.92 Å². The Morgan fingerprint density at radius 2 is 1.81 bits per heavy atom. The largest absolute Gasteiger partial charge is 0.493 e. The molecule has 1 saturated heterocycles. The fraction of sp³-hybridized carbons (Fsp3) is 0.294. The molecule has 3 aromatic carbocycles. The lowest BCUT2D eigenvalue weighted by Crippen LogP contribution is -2.34. The van der Waals surface area contributed by atoms with Gasteiger partial charge in [0.1, 0.15) is 11.4 Å². The molecule has 244 valence electrons. The predicted molar refractivity (Wildman–Crippen MR) is 179 cm³/mol. The molecule has 10 nitrogen and oxygen atoms in total. The highest BCUT2D eigenvalue weighted by atomic mass is 35.5. The molecule has 0 spiro atoms. The van der Waals surface area contributed by atoms with Crippen molar-refractivity contribution in [2.75, 3.05) is 38.7 Å². The van der Waals surface area contributed by atoms with Crippen LogP contribution >= 0.6 is 23.2 Å². The summed E-state index contributed by atoms with van der Waals surface area (Å²) in [7, 11) is 1.57. The number of carbonyl (C=O) groups excluding carboxylic acids is 1. The Balaban J connectivity index is 1.11. The third-order valence-electron chi connectivity index (χ3n) is 8.04. The number of nitrogens with zero attached hydrogens (tertiary/aromatic N) is 5. The number of carbonyl (C=O) groups is 1. The summed E-state index contributed by atoms with van der Waals surface area (Å²) in [6.45, 7) is 6.12. The molecule has 0 aliphatic carbocycles. The summed E-state index contributed by atoms with van der Waals surface area (Å²) in [6.07, 6.45) is 6.35. The Labute approximate surface area is 281 Å². The van der Waals surface area contributed by atoms with E-state index in [9.17, 15) is 4.79 Å². The van der Waals surface area contributed by atoms with Gasteiger partial charge in [0.05, 0.1) is 35.5 Å². The number of aromatic nitrogens is 4. The average molecular weight is 680 g/mol. The first kappa shape index (κ1) is 32.5. The van der Waals surface area contributed by atoms with E-state index in [2.05, 4.69) is 32.4 Å². The molecule has 0 saturated carbocycles. The van der Waals surface area contributed by atoms with Crippen molar-refractivity contribution in [3.8, 4) is 28.7 Å². The molecule has 0 atom stereocenters. The number of fused-ring (bicyclic) bond motifs is 1. The molecule has 47 heavy (non-hydrogen) atoms. The maximum absolute atomic E-state index is 15.2. The molecule has 1 N–H and O–H groups in total. The number of nitrogens with one attached hydrogen (secondary N) is 1. The highest BCUT2D eigenvalue weighted by Gasteiger charge is 2.18. The molecule has 5 aromatic rings. The lowest BCUT2D eigenvalue weighted by atomic mass is 9.99. The number of piperidine rings is 1. The van der Waals surface area contributed by atoms with Crippen LogP contribution in [0, 0.1) is 11.7 Å². The number of anilines is 1. The quantitative estimate of drug-likeness (QED) is 0.141. The molecule has 0 unspecified atom stereocenters. The van der Waals surface area contributed by atoms with Gasteiger partial charge in [0, 0.05) is 35.9 Å². The first-order valence-electron chi connectivity index (χ1n) is 15.3. The maximum atomic E-state index is 15.2. The molecule has 3 heterocycles. The lowest BCUT2D eigenvalue weighted by Gasteiger charge is -2.30. The van der Waals surface area contributed by atoms with Crippen molar-refractivity contribution in [1.29, 1.82) is 0 Å². The number of ether oxygens (including phenoxy) is 3. The van der Waals surface area contributed by atoms with E-state index in [1.807, 2.05) is 0 Å². The number of amides is 1. The summed E-state index contributed by atoms with van der Waals surface area (Å²) in [5.74, 6) is 0.962. The van der Waals surface area contributed by atoms with Gasteiger partial charge in [-0.1, -0.05) is 41.4 Å². The fourth-order valence-electron chi connectivity index (χ4n) is 5.41. The highest BCUT2D eigenvalue weighted by Crippen LogP contribution is 2.38. The van der Waals surface area contributed by atoms with Gasteiger partial charge >= 0.3 is 0 Å². The minimum atomic E-state index is -0.686. The van der Waals surface area contributed by atoms with Crippen molar-refractivity contribution in [3.05, 3.63) is 88.5 Å². The standard InChI is InChI=1S/C34H33Cl2FN6O4/c1-21-10-14-42(15-11-21)13-4-16-46-32-19-27-23(18-31(32)45-2)29(9-12-38-27)47-30-8-7-22(17-26(30)37)39-34(44)28-20-43(41-40-28)33-24(35)5-3-6-25(33)36/h3,5-9,12,17-21H,4,10-11,13-16H2,1-2H3,(H,39,44). The van der Waals surface area contributed by atoms with Gasteiger partial charge in [-0.25, -0.2) is 9.07 Å². The van der Waals surface area contributed by atoms with Crippen LogP contribution in [0.15, 0.2) is 67.0 Å². The fourth-order valence-corrected chi connectivity index (χ4v) is 5.98. The summed E-state index contributed by atoms with van der Waals surface area (Å²) in [5, 5.41) is 11.8. The molecule has 0 radical (unpaired) electrons. The van der Waals surface area contributed by atoms with Crippen LogP contribution in [0.2, 0.25) is 10.0 Å². The van der Waals surface area contributed by atoms with Crippen molar-refractivity contribution >= 4 is 45.7 Å². The second-order valence-electron chi connectivity index (χ2n) is 11.4. The highest BCUT2D eigenvalue weighted by molar-refractivity contribution is 6.37. The number of benzene rings is 3. The summed E-state index contributed by atoms with van der Waals surface area (Å²) >= 11 is 12.5. The average Bonchev–Trinajstić information content (AvgIpc) is 3.55. The van der Waals surface area contributed by atoms with Gasteiger partial charge in [-0.05, 0) is 74.7 Å². The number of hydrogen-bond acceptors (Lipinski definition) is 8. The molecule has 6 rings (SSSR count). The first-order chi connectivity index (χ1) is 22.8. The van der Waals surface area contributed by atoms with Crippen LogP contribution in [0.5, 0.6) is 23.0 Å². The molecule has 13 heteroatoms. The number of halogens is 3. The van der Waals surface area contributed by atoms with Crippen LogP contribution in [0.1, 0.15) is 36.7 Å². The third-order valence-corrected chi connectivity index (χ3v) is 8.65. The van der Waals surface area contributed by atoms with Crippen LogP contribution in [0.3, 0.4) is 0 Å². The Hall–Kier alpha value is -4.45. The molecule has 0 bridgehead atoms. The van der Waals surface area contributed by atoms with Crippen LogP contribution < -0.4 is 19.5 Å². The number of rotatable bonds is 11. The predicted octanol–water partition coefficient (Wildman–Crippen LogP) is 7.82. The summed E-state index contributed by atoms with van der Waals surface area (Å²) in [5.41, 5.74) is 1.18. The normalized spacial score (nSPS) is 13.9. The molecule has 1 fully saturated rings. The van der Waals surface area contributed by atoms with Crippen LogP contribution in [-0.2, 0) is 0 Å². The minimum Gasteiger partial charge on any atom is -0.493 e. The van der Waals surface area contributed by atoms with Crippen LogP contribution in [-0.4, -0.2) is 64.1 Å². The Kier molecular flexibility index (Phi) is 10.1. The zero-order valence-electron chi connectivity index (χ0n) is 25.9. The summed E-state index contributed by atoms with van der Waals surface area (Å²) < 4.78 is 34.2. The van der Waals surface area contributed by atoms with Gasteiger partial charge in [0.2, 0.25) is 0 Å². The van der Waals surface area contributed by atoms with E-state index < -0.39 is 11.7 Å². The van der Waals surface area contributed by atoms with E-state index in [0.717, 1.165) is 38.0 Å². The summed E-state index contributed by atoms with van der Waals surface area (Å²) in [4.78, 5) is 19.8. The Morgan fingerprint density at radius 3 is 2.55 bits per heavy atom. The smallest absolute Gasteiger partial charge is 0.277 e. The van der Waals surface area contributed by atoms with Gasteiger partial charge in [-0.15, -0.1) is 5.10 Å². The summed E-state index contributed by atoms with van der Waals surface area (Å²) in [6, 6.07) is 14.3. The Morgan fingerprint density at radius 1 is 1.02 bits per heavy atom. The van der Waals surface area contributed by atoms with E-state index in [-0.39, 0.29) is 17.1 Å². The van der Waals surface area contributed by atoms with Gasteiger partial charge in [0.15, 0.2) is 28.8 Å². The van der Waals surface area contributed by atoms with E-state index in [4.69, 9.17) is 37.4 Å². The van der Waals surface area contributed by atoms with Gasteiger partial charge in [-0.2, -0.15) is 0 Å². The third kappa shape index (κ3) is 7.59. The number of hydrogen-bond donors (Lipinski definition) is 1. The number of para-hydroxylation sites is 1. The van der Waals surface area contributed by atoms with E-state index >= 15 is 4.39 Å². The van der Waals surface area contributed by atoms with E-state index in [0.29, 0.717) is 50.5 Å². The molecule has 2 aromatic heterocycles. The van der Waals surface area contributed by atoms with Crippen LogP contribution in [0.25, 0.3) is 16.6 Å². The van der Waals surface area contributed by atoms with Crippen molar-refractivity contribution in [2.45, 2.75) is 26.2 Å². The number of likely N-dealkylation sites (tertiary alicyclic amines) is 1.